The van der Waals surface area contributed by atoms with E-state index in [1.165, 1.54) is 17.0 Å². The lowest BCUT2D eigenvalue weighted by Gasteiger charge is -2.30. The van der Waals surface area contributed by atoms with Crippen LogP contribution in [0.4, 0.5) is 5.69 Å². The molecule has 7 nitrogen and oxygen atoms in total. The molecule has 1 fully saturated rings. The highest BCUT2D eigenvalue weighted by Crippen LogP contribution is 2.37. The molecule has 0 atom stereocenters. The molecule has 2 N–H and O–H groups in total. The number of rotatable bonds is 3. The number of carbonyl (C=O) groups is 1. The fourth-order valence-electron chi connectivity index (χ4n) is 1.78. The number of nitriles is 1. The molecule has 0 aromatic heterocycles. The van der Waals surface area contributed by atoms with Gasteiger partial charge in [-0.05, 0) is 35.4 Å². The molecule has 0 aliphatic carbocycles. The number of nitroso groups, excluding NO2 is 1. The van der Waals surface area contributed by atoms with Crippen molar-refractivity contribution in [2.45, 2.75) is 6.42 Å². The monoisotopic (exact) mass is 273 g/mol. The molecule has 1 saturated heterocycles. The lowest BCUT2D eigenvalue weighted by Crippen LogP contribution is -2.42. The van der Waals surface area contributed by atoms with Crippen LogP contribution in [0.3, 0.4) is 0 Å². The molecule has 2 rings (SSSR count). The van der Waals surface area contributed by atoms with Crippen LogP contribution >= 0.6 is 0 Å². The van der Waals surface area contributed by atoms with E-state index in [9.17, 15) is 19.9 Å². The maximum atomic E-state index is 11.9. The van der Waals surface area contributed by atoms with Gasteiger partial charge < -0.3 is 15.1 Å². The van der Waals surface area contributed by atoms with E-state index >= 15 is 0 Å². The van der Waals surface area contributed by atoms with Crippen molar-refractivity contribution in [3.8, 4) is 17.6 Å². The Balaban J connectivity index is 2.37. The van der Waals surface area contributed by atoms with Crippen LogP contribution in [0, 0.1) is 16.2 Å². The molecule has 20 heavy (non-hydrogen) atoms. The van der Waals surface area contributed by atoms with E-state index in [1.807, 2.05) is 0 Å². The number of aromatic hydroxyl groups is 2. The first-order chi connectivity index (χ1) is 9.56. The number of benzene rings is 1. The molecule has 1 amide bonds. The second-order valence-corrected chi connectivity index (χ2v) is 4.31. The minimum absolute atomic E-state index is 0.105. The van der Waals surface area contributed by atoms with Gasteiger partial charge in [0.05, 0.1) is 0 Å². The Morgan fingerprint density at radius 2 is 2.10 bits per heavy atom. The number of phenols is 2. The van der Waals surface area contributed by atoms with Gasteiger partial charge in [-0.3, -0.25) is 4.79 Å². The lowest BCUT2D eigenvalue weighted by molar-refractivity contribution is -0.129. The fourth-order valence-corrected chi connectivity index (χ4v) is 1.78. The summed E-state index contributed by atoms with van der Waals surface area (Å²) in [5, 5.41) is 30.4. The number of hydrogen-bond donors (Lipinski definition) is 2. The molecule has 1 heterocycles. The molecule has 0 bridgehead atoms. The first-order valence-electron chi connectivity index (χ1n) is 5.87. The molecular formula is C13H11N3O4. The van der Waals surface area contributed by atoms with E-state index in [-0.39, 0.29) is 16.8 Å². The van der Waals surface area contributed by atoms with Crippen LogP contribution in [0.1, 0.15) is 12.0 Å². The van der Waals surface area contributed by atoms with Gasteiger partial charge in [0.15, 0.2) is 17.2 Å². The van der Waals surface area contributed by atoms with Gasteiger partial charge in [-0.15, -0.1) is 4.91 Å². The molecular weight excluding hydrogens is 262 g/mol. The summed E-state index contributed by atoms with van der Waals surface area (Å²) in [5.41, 5.74) is -0.225. The normalized spacial score (nSPS) is 14.3. The van der Waals surface area contributed by atoms with Crippen molar-refractivity contribution in [2.75, 3.05) is 13.1 Å². The standard InChI is InChI=1S/C13H11N3O4/c14-7-9(13(19)16-2-1-3-16)4-8-5-10(15-20)12(18)11(17)6-8/h4-6,17-18H,1-3H2/b9-4+. The summed E-state index contributed by atoms with van der Waals surface area (Å²) in [5.74, 6) is -1.57. The smallest absolute Gasteiger partial charge is 0.264 e. The zero-order valence-electron chi connectivity index (χ0n) is 10.4. The highest BCUT2D eigenvalue weighted by Gasteiger charge is 2.23. The Kier molecular flexibility index (Phi) is 3.66. The predicted octanol–water partition coefficient (Wildman–Crippen LogP) is 1.63. The third-order valence-electron chi connectivity index (χ3n) is 3.00. The Labute approximate surface area is 114 Å². The van der Waals surface area contributed by atoms with Crippen LogP contribution in [-0.4, -0.2) is 34.1 Å². The molecule has 0 radical (unpaired) electrons. The second-order valence-electron chi connectivity index (χ2n) is 4.31. The number of likely N-dealkylation sites (tertiary alicyclic amines) is 1. The highest BCUT2D eigenvalue weighted by atomic mass is 16.3. The van der Waals surface area contributed by atoms with Gasteiger partial charge in [0.25, 0.3) is 5.91 Å². The van der Waals surface area contributed by atoms with Gasteiger partial charge in [0.1, 0.15) is 11.6 Å². The van der Waals surface area contributed by atoms with E-state index in [1.54, 1.807) is 6.07 Å². The zero-order valence-corrected chi connectivity index (χ0v) is 10.4. The maximum absolute atomic E-state index is 11.9. The van der Waals surface area contributed by atoms with Crippen molar-refractivity contribution < 1.29 is 15.0 Å². The summed E-state index contributed by atoms with van der Waals surface area (Å²) < 4.78 is 0. The number of phenolic OH excluding ortho intramolecular Hbond substituents is 2. The van der Waals surface area contributed by atoms with E-state index in [0.29, 0.717) is 13.1 Å². The van der Waals surface area contributed by atoms with Crippen molar-refractivity contribution in [1.29, 1.82) is 5.26 Å². The van der Waals surface area contributed by atoms with Crippen molar-refractivity contribution in [1.82, 2.24) is 4.90 Å². The lowest BCUT2D eigenvalue weighted by atomic mass is 10.1. The van der Waals surface area contributed by atoms with Gasteiger partial charge in [0, 0.05) is 13.1 Å². The Hall–Kier alpha value is -2.88. The van der Waals surface area contributed by atoms with E-state index in [0.717, 1.165) is 12.5 Å². The largest absolute Gasteiger partial charge is 0.504 e. The van der Waals surface area contributed by atoms with Crippen LogP contribution in [0.25, 0.3) is 6.08 Å². The topological polar surface area (TPSA) is 114 Å². The number of amides is 1. The zero-order chi connectivity index (χ0) is 14.7. The van der Waals surface area contributed by atoms with Gasteiger partial charge in [-0.2, -0.15) is 5.26 Å². The molecule has 102 valence electrons. The number of carbonyl (C=O) groups excluding carboxylic acids is 1. The maximum Gasteiger partial charge on any atom is 0.264 e. The van der Waals surface area contributed by atoms with E-state index in [2.05, 4.69) is 5.18 Å². The van der Waals surface area contributed by atoms with Gasteiger partial charge in [-0.1, -0.05) is 0 Å². The van der Waals surface area contributed by atoms with Crippen LogP contribution < -0.4 is 0 Å². The predicted molar refractivity (Wildman–Crippen MR) is 70.0 cm³/mol. The van der Waals surface area contributed by atoms with Crippen molar-refractivity contribution in [3.05, 3.63) is 28.2 Å². The molecule has 1 aliphatic rings. The first-order valence-corrected chi connectivity index (χ1v) is 5.87. The molecule has 0 unspecified atom stereocenters. The summed E-state index contributed by atoms with van der Waals surface area (Å²) in [6.07, 6.45) is 2.15. The third-order valence-corrected chi connectivity index (χ3v) is 3.00. The Morgan fingerprint density at radius 3 is 2.60 bits per heavy atom. The molecule has 1 aliphatic heterocycles. The van der Waals surface area contributed by atoms with Gasteiger partial charge in [0.2, 0.25) is 0 Å². The van der Waals surface area contributed by atoms with Crippen LogP contribution in [0.5, 0.6) is 11.5 Å². The van der Waals surface area contributed by atoms with Gasteiger partial charge >= 0.3 is 0 Å². The van der Waals surface area contributed by atoms with E-state index in [4.69, 9.17) is 5.26 Å². The van der Waals surface area contributed by atoms with Crippen LogP contribution in [0.15, 0.2) is 22.9 Å². The van der Waals surface area contributed by atoms with Crippen molar-refractivity contribution in [2.24, 2.45) is 5.18 Å². The first kappa shape index (κ1) is 13.5. The average Bonchev–Trinajstić information content (AvgIpc) is 2.37. The molecule has 1 aromatic rings. The molecule has 1 aromatic carbocycles. The van der Waals surface area contributed by atoms with Crippen molar-refractivity contribution in [3.63, 3.8) is 0 Å². The summed E-state index contributed by atoms with van der Waals surface area (Å²) >= 11 is 0. The van der Waals surface area contributed by atoms with Crippen LogP contribution in [0.2, 0.25) is 0 Å². The average molecular weight is 273 g/mol. The van der Waals surface area contributed by atoms with Gasteiger partial charge in [-0.25, -0.2) is 0 Å². The molecule has 7 heteroatoms. The Morgan fingerprint density at radius 1 is 1.40 bits per heavy atom. The summed E-state index contributed by atoms with van der Waals surface area (Å²) in [6.45, 7) is 1.22. The van der Waals surface area contributed by atoms with E-state index < -0.39 is 17.4 Å². The number of nitrogens with zero attached hydrogens (tertiary/aromatic N) is 3. The minimum Gasteiger partial charge on any atom is -0.504 e. The molecule has 0 saturated carbocycles. The summed E-state index contributed by atoms with van der Waals surface area (Å²) in [4.78, 5) is 23.9. The van der Waals surface area contributed by atoms with Crippen molar-refractivity contribution >= 4 is 17.7 Å². The SMILES string of the molecule is N#C/C(=C\c1cc(O)c(O)c(N=O)c1)C(=O)N1CCC1. The van der Waals surface area contributed by atoms with Crippen LogP contribution in [-0.2, 0) is 4.79 Å². The summed E-state index contributed by atoms with van der Waals surface area (Å²) in [7, 11) is 0. The quantitative estimate of drug-likeness (QED) is 0.376. The molecule has 0 spiro atoms. The fraction of sp³-hybridized carbons (Fsp3) is 0.231. The third kappa shape index (κ3) is 2.44. The minimum atomic E-state index is -0.635. The summed E-state index contributed by atoms with van der Waals surface area (Å²) in [6, 6.07) is 4.11. The number of hydrogen-bond acceptors (Lipinski definition) is 6. The second kappa shape index (κ2) is 5.40. The highest BCUT2D eigenvalue weighted by molar-refractivity contribution is 6.02. The Bertz CT molecular complexity index is 642.